The first kappa shape index (κ1) is 11.8. The van der Waals surface area contributed by atoms with Gasteiger partial charge in [-0.15, -0.1) is 10.2 Å². The number of para-hydroxylation sites is 1. The highest BCUT2D eigenvalue weighted by Gasteiger charge is 2.12. The molecule has 1 N–H and O–H groups in total. The highest BCUT2D eigenvalue weighted by atomic mass is 16.3. The van der Waals surface area contributed by atoms with Crippen LogP contribution in [0.15, 0.2) is 24.5 Å². The van der Waals surface area contributed by atoms with Crippen LogP contribution in [0.25, 0.3) is 5.69 Å². The Balaban J connectivity index is 2.64. The average Bonchev–Trinajstić information content (AvgIpc) is 2.85. The number of aryl methyl sites for hydroxylation is 2. The van der Waals surface area contributed by atoms with Crippen molar-refractivity contribution in [3.63, 3.8) is 0 Å². The molecule has 0 saturated carbocycles. The molecule has 0 aliphatic rings. The van der Waals surface area contributed by atoms with Gasteiger partial charge in [0.2, 0.25) is 0 Å². The summed E-state index contributed by atoms with van der Waals surface area (Å²) in [4.78, 5) is 0. The molecule has 2 rings (SSSR count). The summed E-state index contributed by atoms with van der Waals surface area (Å²) in [6.07, 6.45) is 3.57. The molecule has 0 unspecified atom stereocenters. The SMILES string of the molecule is CCc1cccc(CC)c1-n1cnnc1CO. The summed E-state index contributed by atoms with van der Waals surface area (Å²) >= 11 is 0. The summed E-state index contributed by atoms with van der Waals surface area (Å²) < 4.78 is 1.89. The van der Waals surface area contributed by atoms with Gasteiger partial charge in [0.1, 0.15) is 12.9 Å². The van der Waals surface area contributed by atoms with Crippen molar-refractivity contribution >= 4 is 0 Å². The molecule has 4 heteroatoms. The first-order chi connectivity index (χ1) is 8.31. The van der Waals surface area contributed by atoms with Crippen LogP contribution >= 0.6 is 0 Å². The van der Waals surface area contributed by atoms with Gasteiger partial charge in [0.25, 0.3) is 0 Å². The maximum Gasteiger partial charge on any atom is 0.163 e. The number of aliphatic hydroxyl groups is 1. The van der Waals surface area contributed by atoms with Crippen molar-refractivity contribution in [2.24, 2.45) is 0 Å². The van der Waals surface area contributed by atoms with Gasteiger partial charge in [-0.05, 0) is 24.0 Å². The van der Waals surface area contributed by atoms with Crippen molar-refractivity contribution < 1.29 is 5.11 Å². The van der Waals surface area contributed by atoms with Crippen LogP contribution in [0.2, 0.25) is 0 Å². The topological polar surface area (TPSA) is 50.9 Å². The summed E-state index contributed by atoms with van der Waals surface area (Å²) in [5, 5.41) is 17.1. The Morgan fingerprint density at radius 1 is 1.18 bits per heavy atom. The highest BCUT2D eigenvalue weighted by Crippen LogP contribution is 2.22. The Bertz CT molecular complexity index is 483. The zero-order valence-corrected chi connectivity index (χ0v) is 10.2. The average molecular weight is 231 g/mol. The van der Waals surface area contributed by atoms with Gasteiger partial charge in [-0.1, -0.05) is 32.0 Å². The fourth-order valence-electron chi connectivity index (χ4n) is 2.08. The van der Waals surface area contributed by atoms with Crippen LogP contribution in [0.5, 0.6) is 0 Å². The van der Waals surface area contributed by atoms with Crippen molar-refractivity contribution in [1.82, 2.24) is 14.8 Å². The largest absolute Gasteiger partial charge is 0.388 e. The molecule has 0 aliphatic heterocycles. The summed E-state index contributed by atoms with van der Waals surface area (Å²) in [6, 6.07) is 6.29. The molecule has 0 fully saturated rings. The molecule has 0 amide bonds. The number of aromatic nitrogens is 3. The number of hydrogen-bond donors (Lipinski definition) is 1. The number of rotatable bonds is 4. The normalized spacial score (nSPS) is 10.8. The summed E-state index contributed by atoms with van der Waals surface area (Å²) in [5.41, 5.74) is 3.62. The monoisotopic (exact) mass is 231 g/mol. The molecule has 0 saturated heterocycles. The lowest BCUT2D eigenvalue weighted by molar-refractivity contribution is 0.269. The predicted octanol–water partition coefficient (Wildman–Crippen LogP) is 1.88. The molecule has 4 nitrogen and oxygen atoms in total. The van der Waals surface area contributed by atoms with Crippen molar-refractivity contribution in [3.8, 4) is 5.69 Å². The highest BCUT2D eigenvalue weighted by molar-refractivity contribution is 5.48. The summed E-state index contributed by atoms with van der Waals surface area (Å²) in [7, 11) is 0. The van der Waals surface area contributed by atoms with E-state index < -0.39 is 0 Å². The van der Waals surface area contributed by atoms with Gasteiger partial charge < -0.3 is 5.11 Å². The quantitative estimate of drug-likeness (QED) is 0.874. The summed E-state index contributed by atoms with van der Waals surface area (Å²) in [5.74, 6) is 0.584. The molecule has 0 spiro atoms. The van der Waals surface area contributed by atoms with Crippen molar-refractivity contribution in [2.45, 2.75) is 33.3 Å². The molecule has 1 aromatic carbocycles. The third-order valence-electron chi connectivity index (χ3n) is 2.97. The maximum absolute atomic E-state index is 9.27. The number of benzene rings is 1. The van der Waals surface area contributed by atoms with Crippen LogP contribution in [0, 0.1) is 0 Å². The Hall–Kier alpha value is -1.68. The predicted molar refractivity (Wildman–Crippen MR) is 66.0 cm³/mol. The van der Waals surface area contributed by atoms with Gasteiger partial charge in [-0.3, -0.25) is 4.57 Å². The first-order valence-corrected chi connectivity index (χ1v) is 5.92. The summed E-state index contributed by atoms with van der Waals surface area (Å²) in [6.45, 7) is 4.16. The van der Waals surface area contributed by atoms with Crippen molar-refractivity contribution in [3.05, 3.63) is 41.5 Å². The zero-order chi connectivity index (χ0) is 12.3. The smallest absolute Gasteiger partial charge is 0.163 e. The van der Waals surface area contributed by atoms with E-state index in [9.17, 15) is 5.11 Å². The van der Waals surface area contributed by atoms with Crippen LogP contribution < -0.4 is 0 Å². The van der Waals surface area contributed by atoms with Crippen molar-refractivity contribution in [1.29, 1.82) is 0 Å². The molecule has 17 heavy (non-hydrogen) atoms. The minimum absolute atomic E-state index is 0.0960. The molecular weight excluding hydrogens is 214 g/mol. The minimum atomic E-state index is -0.0960. The van der Waals surface area contributed by atoms with E-state index in [1.54, 1.807) is 6.33 Å². The molecule has 1 aromatic heterocycles. The molecule has 0 aliphatic carbocycles. The van der Waals surface area contributed by atoms with Crippen molar-refractivity contribution in [2.75, 3.05) is 0 Å². The molecule has 1 heterocycles. The van der Waals surface area contributed by atoms with E-state index >= 15 is 0 Å². The van der Waals surface area contributed by atoms with Gasteiger partial charge in [-0.2, -0.15) is 0 Å². The fourth-order valence-corrected chi connectivity index (χ4v) is 2.08. The van der Waals surface area contributed by atoms with E-state index in [-0.39, 0.29) is 6.61 Å². The minimum Gasteiger partial charge on any atom is -0.388 e. The van der Waals surface area contributed by atoms with Crippen LogP contribution in [-0.4, -0.2) is 19.9 Å². The third kappa shape index (κ3) is 2.08. The van der Waals surface area contributed by atoms with Gasteiger partial charge in [0.15, 0.2) is 5.82 Å². The van der Waals surface area contributed by atoms with E-state index in [2.05, 4.69) is 42.2 Å². The van der Waals surface area contributed by atoms with E-state index in [1.807, 2.05) is 4.57 Å². The van der Waals surface area contributed by atoms with Crippen LogP contribution in [0.3, 0.4) is 0 Å². The second-order valence-corrected chi connectivity index (χ2v) is 3.91. The van der Waals surface area contributed by atoms with E-state index in [0.717, 1.165) is 18.5 Å². The fraction of sp³-hybridized carbons (Fsp3) is 0.385. The van der Waals surface area contributed by atoms with Crippen LogP contribution in [-0.2, 0) is 19.4 Å². The second-order valence-electron chi connectivity index (χ2n) is 3.91. The molecule has 0 radical (unpaired) electrons. The van der Waals surface area contributed by atoms with Gasteiger partial charge in [-0.25, -0.2) is 0 Å². The first-order valence-electron chi connectivity index (χ1n) is 5.92. The number of nitrogens with zero attached hydrogens (tertiary/aromatic N) is 3. The Morgan fingerprint density at radius 3 is 2.35 bits per heavy atom. The van der Waals surface area contributed by atoms with E-state index in [1.165, 1.54) is 11.1 Å². The Kier molecular flexibility index (Phi) is 3.54. The van der Waals surface area contributed by atoms with E-state index in [4.69, 9.17) is 0 Å². The van der Waals surface area contributed by atoms with Crippen LogP contribution in [0.1, 0.15) is 30.8 Å². The molecule has 2 aromatic rings. The Morgan fingerprint density at radius 2 is 1.82 bits per heavy atom. The van der Waals surface area contributed by atoms with Crippen LogP contribution in [0.4, 0.5) is 0 Å². The second kappa shape index (κ2) is 5.10. The lowest BCUT2D eigenvalue weighted by atomic mass is 10.0. The van der Waals surface area contributed by atoms with Gasteiger partial charge >= 0.3 is 0 Å². The van der Waals surface area contributed by atoms with Gasteiger partial charge in [0, 0.05) is 0 Å². The molecule has 90 valence electrons. The Labute approximate surface area is 101 Å². The lowest BCUT2D eigenvalue weighted by Crippen LogP contribution is -2.06. The zero-order valence-electron chi connectivity index (χ0n) is 10.2. The van der Waals surface area contributed by atoms with E-state index in [0.29, 0.717) is 5.82 Å². The third-order valence-corrected chi connectivity index (χ3v) is 2.97. The standard InChI is InChI=1S/C13H17N3O/c1-3-10-6-5-7-11(4-2)13(10)16-9-14-15-12(16)8-17/h5-7,9,17H,3-4,8H2,1-2H3. The molecule has 0 bridgehead atoms. The number of hydrogen-bond acceptors (Lipinski definition) is 3. The molecule has 0 atom stereocenters. The maximum atomic E-state index is 9.27. The number of aliphatic hydroxyl groups excluding tert-OH is 1. The lowest BCUT2D eigenvalue weighted by Gasteiger charge is -2.14. The van der Waals surface area contributed by atoms with Gasteiger partial charge in [0.05, 0.1) is 5.69 Å². The molecular formula is C13H17N3O.